The van der Waals surface area contributed by atoms with Crippen molar-refractivity contribution in [2.24, 2.45) is 11.3 Å². The summed E-state index contributed by atoms with van der Waals surface area (Å²) in [5.41, 5.74) is 0.529. The molecule has 1 aliphatic heterocycles. The van der Waals surface area contributed by atoms with Crippen molar-refractivity contribution >= 4 is 29.3 Å². The van der Waals surface area contributed by atoms with Gasteiger partial charge in [-0.15, -0.1) is 0 Å². The number of hydrogen-bond donors (Lipinski definition) is 1. The van der Waals surface area contributed by atoms with Crippen LogP contribution in [-0.4, -0.2) is 41.2 Å². The number of anilines is 1. The molecule has 1 spiro atoms. The summed E-state index contributed by atoms with van der Waals surface area (Å²) < 4.78 is 5.94. The van der Waals surface area contributed by atoms with Gasteiger partial charge < -0.3 is 9.84 Å². The maximum Gasteiger partial charge on any atom is 0.338 e. The van der Waals surface area contributed by atoms with Crippen molar-refractivity contribution in [3.8, 4) is 0 Å². The van der Waals surface area contributed by atoms with Gasteiger partial charge in [0.1, 0.15) is 17.1 Å². The van der Waals surface area contributed by atoms with Crippen molar-refractivity contribution < 1.29 is 19.4 Å². The topological polar surface area (TPSA) is 79.7 Å². The van der Waals surface area contributed by atoms with Crippen LogP contribution in [0.4, 0.5) is 5.82 Å². The van der Waals surface area contributed by atoms with Gasteiger partial charge in [0.25, 0.3) is 5.91 Å². The maximum atomic E-state index is 12.7. The first-order valence-corrected chi connectivity index (χ1v) is 10.2. The normalized spacial score (nSPS) is 26.6. The molecule has 1 N–H and O–H groups in total. The Hall–Kier alpha value is -1.66. The molecule has 0 aromatic carbocycles. The summed E-state index contributed by atoms with van der Waals surface area (Å²) in [7, 11) is 0. The predicted octanol–water partition coefficient (Wildman–Crippen LogP) is 3.92. The van der Waals surface area contributed by atoms with Crippen LogP contribution in [0.3, 0.4) is 0 Å². The number of amides is 1. The molecular formula is C20H25ClN2O4. The number of halogens is 1. The fourth-order valence-corrected chi connectivity index (χ4v) is 5.00. The molecule has 27 heavy (non-hydrogen) atoms. The highest BCUT2D eigenvalue weighted by atomic mass is 35.5. The molecule has 2 unspecified atom stereocenters. The number of carbonyl (C=O) groups excluding carboxylic acids is 1. The largest absolute Gasteiger partial charge is 0.478 e. The fourth-order valence-electron chi connectivity index (χ4n) is 4.77. The third-order valence-electron chi connectivity index (χ3n) is 6.52. The van der Waals surface area contributed by atoms with Crippen molar-refractivity contribution in [3.63, 3.8) is 0 Å². The smallest absolute Gasteiger partial charge is 0.338 e. The number of carboxylic acid groups (broad SMARTS) is 1. The summed E-state index contributed by atoms with van der Waals surface area (Å²) in [4.78, 5) is 29.3. The van der Waals surface area contributed by atoms with Crippen molar-refractivity contribution in [1.82, 2.24) is 4.98 Å². The number of carboxylic acids is 1. The molecule has 146 valence electrons. The number of ether oxygens (including phenoxy) is 1. The Morgan fingerprint density at radius 1 is 1.30 bits per heavy atom. The van der Waals surface area contributed by atoms with E-state index >= 15 is 0 Å². The zero-order chi connectivity index (χ0) is 19.0. The monoisotopic (exact) mass is 392 g/mol. The molecule has 7 heteroatoms. The van der Waals surface area contributed by atoms with Gasteiger partial charge >= 0.3 is 5.97 Å². The molecule has 0 radical (unpaired) electrons. The Kier molecular flexibility index (Phi) is 5.12. The molecular weight excluding hydrogens is 368 g/mol. The molecule has 3 aliphatic rings. The first-order chi connectivity index (χ1) is 13.0. The summed E-state index contributed by atoms with van der Waals surface area (Å²) in [6.07, 6.45) is 9.31. The number of rotatable bonds is 6. The Labute approximate surface area is 163 Å². The van der Waals surface area contributed by atoms with Gasteiger partial charge in [-0.25, -0.2) is 9.78 Å². The van der Waals surface area contributed by atoms with Crippen molar-refractivity contribution in [1.29, 1.82) is 0 Å². The van der Waals surface area contributed by atoms with E-state index in [0.717, 1.165) is 12.3 Å². The Morgan fingerprint density at radius 3 is 2.81 bits per heavy atom. The molecule has 6 nitrogen and oxygen atoms in total. The van der Waals surface area contributed by atoms with Gasteiger partial charge in [0.15, 0.2) is 0 Å². The van der Waals surface area contributed by atoms with Crippen LogP contribution in [0.15, 0.2) is 12.1 Å². The Bertz CT molecular complexity index is 749. The summed E-state index contributed by atoms with van der Waals surface area (Å²) in [5.74, 6) is -0.121. The molecule has 1 aromatic rings. The summed E-state index contributed by atoms with van der Waals surface area (Å²) in [6.45, 7) is 1.13. The second kappa shape index (κ2) is 7.40. The van der Waals surface area contributed by atoms with E-state index in [0.29, 0.717) is 30.8 Å². The van der Waals surface area contributed by atoms with E-state index in [1.54, 1.807) is 0 Å². The van der Waals surface area contributed by atoms with Crippen LogP contribution in [0, 0.1) is 11.3 Å². The first kappa shape index (κ1) is 18.7. The molecule has 2 atom stereocenters. The minimum Gasteiger partial charge on any atom is -0.478 e. The minimum absolute atomic E-state index is 0.0682. The molecule has 1 aromatic heterocycles. The van der Waals surface area contributed by atoms with E-state index in [2.05, 4.69) is 4.98 Å². The molecule has 0 bridgehead atoms. The minimum atomic E-state index is -1.14. The number of hydrogen-bond acceptors (Lipinski definition) is 4. The van der Waals surface area contributed by atoms with Gasteiger partial charge in [-0.2, -0.15) is 0 Å². The first-order valence-electron chi connectivity index (χ1n) is 9.83. The Balaban J connectivity index is 1.32. The molecule has 3 fully saturated rings. The summed E-state index contributed by atoms with van der Waals surface area (Å²) >= 11 is 5.93. The number of pyridine rings is 1. The van der Waals surface area contributed by atoms with Gasteiger partial charge in [0.2, 0.25) is 0 Å². The molecule has 4 rings (SSSR count). The van der Waals surface area contributed by atoms with Crippen LogP contribution in [0.2, 0.25) is 5.15 Å². The second-order valence-electron chi connectivity index (χ2n) is 8.04. The van der Waals surface area contributed by atoms with E-state index in [1.807, 2.05) is 0 Å². The van der Waals surface area contributed by atoms with E-state index in [1.165, 1.54) is 55.6 Å². The number of aromatic nitrogens is 1. The molecule has 2 aliphatic carbocycles. The third kappa shape index (κ3) is 3.69. The zero-order valence-electron chi connectivity index (χ0n) is 15.3. The van der Waals surface area contributed by atoms with Crippen LogP contribution >= 0.6 is 11.6 Å². The fraction of sp³-hybridized carbons (Fsp3) is 0.650. The van der Waals surface area contributed by atoms with Crippen LogP contribution in [-0.2, 0) is 9.53 Å². The van der Waals surface area contributed by atoms with Gasteiger partial charge in [-0.3, -0.25) is 9.69 Å². The summed E-state index contributed by atoms with van der Waals surface area (Å²) in [5, 5.41) is 8.93. The second-order valence-corrected chi connectivity index (χ2v) is 8.40. The van der Waals surface area contributed by atoms with Crippen LogP contribution in [0.1, 0.15) is 61.7 Å². The van der Waals surface area contributed by atoms with Gasteiger partial charge in [0, 0.05) is 19.6 Å². The lowest BCUT2D eigenvalue weighted by molar-refractivity contribution is -0.127. The molecule has 1 amide bonds. The molecule has 2 saturated carbocycles. The van der Waals surface area contributed by atoms with Gasteiger partial charge in [0.05, 0.1) is 5.56 Å². The van der Waals surface area contributed by atoms with Crippen LogP contribution in [0.25, 0.3) is 0 Å². The molecule has 2 heterocycles. The highest BCUT2D eigenvalue weighted by Gasteiger charge is 2.49. The highest BCUT2D eigenvalue weighted by Crippen LogP contribution is 2.60. The van der Waals surface area contributed by atoms with Crippen LogP contribution in [0.5, 0.6) is 0 Å². The lowest BCUT2D eigenvalue weighted by atomic mass is 9.75. The average Bonchev–Trinajstić information content (AvgIpc) is 3.32. The van der Waals surface area contributed by atoms with E-state index in [-0.39, 0.29) is 16.6 Å². The quantitative estimate of drug-likeness (QED) is 0.742. The van der Waals surface area contributed by atoms with Crippen molar-refractivity contribution in [2.75, 3.05) is 18.1 Å². The van der Waals surface area contributed by atoms with Gasteiger partial charge in [-0.05, 0) is 55.6 Å². The SMILES string of the molecule is O=C(O)c1ccc(N2CCC(OCCC3CCCCC34CC4)C2=O)nc1Cl. The number of aromatic carboxylic acids is 1. The van der Waals surface area contributed by atoms with Crippen molar-refractivity contribution in [2.45, 2.75) is 57.5 Å². The lowest BCUT2D eigenvalue weighted by Crippen LogP contribution is -2.32. The van der Waals surface area contributed by atoms with E-state index < -0.39 is 12.1 Å². The zero-order valence-corrected chi connectivity index (χ0v) is 16.1. The molecule has 1 saturated heterocycles. The summed E-state index contributed by atoms with van der Waals surface area (Å²) in [6, 6.07) is 2.90. The maximum absolute atomic E-state index is 12.7. The number of nitrogens with zero attached hydrogens (tertiary/aromatic N) is 2. The standard InChI is InChI=1S/C20H25ClN2O4/c21-17-14(19(25)26)4-5-16(22-17)23-11-6-15(18(23)24)27-12-7-13-3-1-2-8-20(13)9-10-20/h4-5,13,15H,1-3,6-12H2,(H,25,26). The van der Waals surface area contributed by atoms with Crippen molar-refractivity contribution in [3.05, 3.63) is 22.8 Å². The van der Waals surface area contributed by atoms with Crippen LogP contribution < -0.4 is 4.90 Å². The third-order valence-corrected chi connectivity index (χ3v) is 6.81. The highest BCUT2D eigenvalue weighted by molar-refractivity contribution is 6.32. The Morgan fingerprint density at radius 2 is 2.11 bits per heavy atom. The van der Waals surface area contributed by atoms with Gasteiger partial charge in [-0.1, -0.05) is 24.4 Å². The van der Waals surface area contributed by atoms with E-state index in [4.69, 9.17) is 21.4 Å². The lowest BCUT2D eigenvalue weighted by Gasteiger charge is -2.32. The van der Waals surface area contributed by atoms with E-state index in [9.17, 15) is 9.59 Å². The average molecular weight is 393 g/mol. The number of carbonyl (C=O) groups is 2. The predicted molar refractivity (Wildman–Crippen MR) is 101 cm³/mol.